The van der Waals surface area contributed by atoms with Crippen LogP contribution in [0.15, 0.2) is 34.9 Å². The molecule has 0 radical (unpaired) electrons. The van der Waals surface area contributed by atoms with Crippen LogP contribution in [-0.4, -0.2) is 10.1 Å². The van der Waals surface area contributed by atoms with E-state index in [2.05, 4.69) is 20.9 Å². The second kappa shape index (κ2) is 2.75. The zero-order chi connectivity index (χ0) is 8.55. The van der Waals surface area contributed by atoms with E-state index in [0.717, 1.165) is 15.4 Å². The fourth-order valence-electron chi connectivity index (χ4n) is 1.10. The molecule has 1 N–H and O–H groups in total. The Morgan fingerprint density at radius 1 is 1.25 bits per heavy atom. The molecule has 0 saturated carbocycles. The van der Waals surface area contributed by atoms with Gasteiger partial charge in [-0.25, -0.2) is 0 Å². The molecule has 0 saturated heterocycles. The lowest BCUT2D eigenvalue weighted by Gasteiger charge is -1.98. The molecule has 2 rings (SSSR count). The van der Waals surface area contributed by atoms with Crippen LogP contribution in [0.5, 0.6) is 5.75 Å². The van der Waals surface area contributed by atoms with E-state index in [1.54, 1.807) is 18.3 Å². The third-order valence-electron chi connectivity index (χ3n) is 1.67. The lowest BCUT2D eigenvalue weighted by atomic mass is 10.2. The van der Waals surface area contributed by atoms with E-state index >= 15 is 0 Å². The van der Waals surface area contributed by atoms with Crippen LogP contribution in [-0.2, 0) is 0 Å². The molecule has 2 aromatic rings. The number of phenols is 1. The van der Waals surface area contributed by atoms with Gasteiger partial charge < -0.3 is 5.11 Å². The summed E-state index contributed by atoms with van der Waals surface area (Å²) in [4.78, 5) is 4.11. The normalized spacial score (nSPS) is 10.4. The van der Waals surface area contributed by atoms with Gasteiger partial charge in [-0.3, -0.25) is 4.98 Å². The highest BCUT2D eigenvalue weighted by Gasteiger charge is 1.98. The minimum Gasteiger partial charge on any atom is -0.508 e. The molecule has 0 aliphatic carbocycles. The van der Waals surface area contributed by atoms with Gasteiger partial charge in [-0.1, -0.05) is 15.9 Å². The van der Waals surface area contributed by atoms with Crippen LogP contribution in [0.2, 0.25) is 0 Å². The van der Waals surface area contributed by atoms with Crippen molar-refractivity contribution in [3.05, 3.63) is 34.9 Å². The van der Waals surface area contributed by atoms with Crippen molar-refractivity contribution in [2.75, 3.05) is 0 Å². The highest BCUT2D eigenvalue weighted by atomic mass is 79.9. The second-order valence-electron chi connectivity index (χ2n) is 2.49. The SMILES string of the molecule is Oc1ccc2c(Br)ccnc2c1. The number of aromatic hydroxyl groups is 1. The van der Waals surface area contributed by atoms with Crippen LogP contribution >= 0.6 is 15.9 Å². The number of rotatable bonds is 0. The van der Waals surface area contributed by atoms with Gasteiger partial charge in [0.25, 0.3) is 0 Å². The standard InChI is InChI=1S/C9H6BrNO/c10-8-3-4-11-9-5-6(12)1-2-7(8)9/h1-5,12H. The van der Waals surface area contributed by atoms with Gasteiger partial charge in [-0.05, 0) is 18.2 Å². The Hall–Kier alpha value is -1.09. The second-order valence-corrected chi connectivity index (χ2v) is 3.35. The van der Waals surface area contributed by atoms with E-state index in [1.807, 2.05) is 12.1 Å². The number of pyridine rings is 1. The summed E-state index contributed by atoms with van der Waals surface area (Å²) in [5, 5.41) is 10.2. The molecular weight excluding hydrogens is 218 g/mol. The lowest BCUT2D eigenvalue weighted by molar-refractivity contribution is 0.476. The molecule has 12 heavy (non-hydrogen) atoms. The van der Waals surface area contributed by atoms with E-state index in [1.165, 1.54) is 0 Å². The molecule has 1 aromatic carbocycles. The summed E-state index contributed by atoms with van der Waals surface area (Å²) in [5.41, 5.74) is 0.796. The molecule has 0 aliphatic rings. The highest BCUT2D eigenvalue weighted by Crippen LogP contribution is 2.24. The molecule has 0 amide bonds. The zero-order valence-electron chi connectivity index (χ0n) is 6.16. The predicted molar refractivity (Wildman–Crippen MR) is 51.1 cm³/mol. The molecule has 3 heteroatoms. The Morgan fingerprint density at radius 2 is 2.08 bits per heavy atom. The maximum Gasteiger partial charge on any atom is 0.117 e. The lowest BCUT2D eigenvalue weighted by Crippen LogP contribution is -1.78. The van der Waals surface area contributed by atoms with Gasteiger partial charge in [-0.15, -0.1) is 0 Å². The Labute approximate surface area is 78.0 Å². The molecule has 0 aliphatic heterocycles. The van der Waals surface area contributed by atoms with Crippen LogP contribution in [0.3, 0.4) is 0 Å². The Balaban J connectivity index is 2.86. The number of aromatic nitrogens is 1. The van der Waals surface area contributed by atoms with E-state index in [-0.39, 0.29) is 5.75 Å². The van der Waals surface area contributed by atoms with Crippen molar-refractivity contribution in [2.24, 2.45) is 0 Å². The Morgan fingerprint density at radius 3 is 2.92 bits per heavy atom. The van der Waals surface area contributed by atoms with Crippen molar-refractivity contribution < 1.29 is 5.11 Å². The maximum atomic E-state index is 9.17. The van der Waals surface area contributed by atoms with Crippen LogP contribution in [0.25, 0.3) is 10.9 Å². The number of nitrogens with zero attached hydrogens (tertiary/aromatic N) is 1. The van der Waals surface area contributed by atoms with Gasteiger partial charge in [-0.2, -0.15) is 0 Å². The fraction of sp³-hybridized carbons (Fsp3) is 0. The quantitative estimate of drug-likeness (QED) is 0.746. The molecule has 0 fully saturated rings. The number of benzene rings is 1. The first-order valence-corrected chi connectivity index (χ1v) is 4.30. The van der Waals surface area contributed by atoms with E-state index in [0.29, 0.717) is 0 Å². The Kier molecular flexibility index (Phi) is 1.73. The molecule has 1 heterocycles. The molecule has 0 atom stereocenters. The van der Waals surface area contributed by atoms with Crippen LogP contribution in [0.4, 0.5) is 0 Å². The first kappa shape index (κ1) is 7.55. The van der Waals surface area contributed by atoms with Gasteiger partial charge in [0.05, 0.1) is 5.52 Å². The van der Waals surface area contributed by atoms with Gasteiger partial charge in [0.2, 0.25) is 0 Å². The summed E-state index contributed by atoms with van der Waals surface area (Å²) in [6, 6.07) is 7.00. The zero-order valence-corrected chi connectivity index (χ0v) is 7.75. The van der Waals surface area contributed by atoms with E-state index < -0.39 is 0 Å². The van der Waals surface area contributed by atoms with Crippen molar-refractivity contribution in [2.45, 2.75) is 0 Å². The van der Waals surface area contributed by atoms with Gasteiger partial charge >= 0.3 is 0 Å². The number of hydrogen-bond donors (Lipinski definition) is 1. The van der Waals surface area contributed by atoms with Crippen molar-refractivity contribution in [1.29, 1.82) is 0 Å². The van der Waals surface area contributed by atoms with Crippen molar-refractivity contribution in [3.63, 3.8) is 0 Å². The minimum atomic E-state index is 0.244. The average molecular weight is 224 g/mol. The number of fused-ring (bicyclic) bond motifs is 1. The molecule has 2 nitrogen and oxygen atoms in total. The monoisotopic (exact) mass is 223 g/mol. The van der Waals surface area contributed by atoms with Crippen molar-refractivity contribution >= 4 is 26.8 Å². The smallest absolute Gasteiger partial charge is 0.117 e. The molecule has 0 bridgehead atoms. The summed E-state index contributed by atoms with van der Waals surface area (Å²) >= 11 is 3.40. The molecule has 60 valence electrons. The van der Waals surface area contributed by atoms with Crippen molar-refractivity contribution in [1.82, 2.24) is 4.98 Å². The third-order valence-corrected chi connectivity index (χ3v) is 2.36. The summed E-state index contributed by atoms with van der Waals surface area (Å²) in [6.07, 6.45) is 1.70. The third kappa shape index (κ3) is 1.16. The topological polar surface area (TPSA) is 33.1 Å². The molecular formula is C9H6BrNO. The molecule has 0 unspecified atom stereocenters. The number of phenolic OH excluding ortho intramolecular Hbond substituents is 1. The fourth-order valence-corrected chi connectivity index (χ4v) is 1.56. The maximum absolute atomic E-state index is 9.17. The summed E-state index contributed by atoms with van der Waals surface area (Å²) < 4.78 is 0.993. The largest absolute Gasteiger partial charge is 0.508 e. The first-order valence-electron chi connectivity index (χ1n) is 3.50. The first-order chi connectivity index (χ1) is 5.77. The molecule has 1 aromatic heterocycles. The van der Waals surface area contributed by atoms with Crippen molar-refractivity contribution in [3.8, 4) is 5.75 Å². The van der Waals surface area contributed by atoms with Gasteiger partial charge in [0.1, 0.15) is 5.75 Å². The predicted octanol–water partition coefficient (Wildman–Crippen LogP) is 2.70. The summed E-state index contributed by atoms with van der Waals surface area (Å²) in [6.45, 7) is 0. The minimum absolute atomic E-state index is 0.244. The Bertz CT molecular complexity index is 428. The van der Waals surface area contributed by atoms with E-state index in [9.17, 15) is 0 Å². The molecule has 0 spiro atoms. The number of halogens is 1. The summed E-state index contributed by atoms with van der Waals surface area (Å²) in [7, 11) is 0. The highest BCUT2D eigenvalue weighted by molar-refractivity contribution is 9.10. The van der Waals surface area contributed by atoms with E-state index in [4.69, 9.17) is 5.11 Å². The number of hydrogen-bond acceptors (Lipinski definition) is 2. The van der Waals surface area contributed by atoms with Crippen LogP contribution in [0, 0.1) is 0 Å². The average Bonchev–Trinajstić information content (AvgIpc) is 2.04. The summed E-state index contributed by atoms with van der Waals surface area (Å²) in [5.74, 6) is 0.244. The van der Waals surface area contributed by atoms with Crippen LogP contribution < -0.4 is 0 Å². The van der Waals surface area contributed by atoms with Crippen LogP contribution in [0.1, 0.15) is 0 Å². The van der Waals surface area contributed by atoms with Gasteiger partial charge in [0.15, 0.2) is 0 Å². The van der Waals surface area contributed by atoms with Gasteiger partial charge in [0, 0.05) is 22.1 Å².